The molecule has 1 aliphatic rings. The standard InChI is InChI=1S/C13H17FN2O3S/c1-9-7-11(14)4-5-12(9)20(18,19)16-6-2-3-10(8-16)13(15)17/h4-5,7,10H,2-3,6,8H2,1H3,(H2,15,17)/t10-/m0/s1. The summed E-state index contributed by atoms with van der Waals surface area (Å²) >= 11 is 0. The molecule has 0 aliphatic carbocycles. The number of carbonyl (C=O) groups excluding carboxylic acids is 1. The molecule has 0 saturated carbocycles. The number of nitrogens with zero attached hydrogens (tertiary/aromatic N) is 1. The first-order valence-corrected chi connectivity index (χ1v) is 7.82. The van der Waals surface area contributed by atoms with Crippen LogP contribution in [0.4, 0.5) is 4.39 Å². The van der Waals surface area contributed by atoms with E-state index in [4.69, 9.17) is 5.73 Å². The maximum atomic E-state index is 13.1. The number of amides is 1. The van der Waals surface area contributed by atoms with Gasteiger partial charge in [-0.25, -0.2) is 12.8 Å². The Morgan fingerprint density at radius 1 is 1.45 bits per heavy atom. The number of hydrogen-bond acceptors (Lipinski definition) is 3. The third-order valence-electron chi connectivity index (χ3n) is 3.54. The molecule has 1 saturated heterocycles. The van der Waals surface area contributed by atoms with E-state index in [-0.39, 0.29) is 11.4 Å². The highest BCUT2D eigenvalue weighted by Crippen LogP contribution is 2.25. The van der Waals surface area contributed by atoms with Gasteiger partial charge in [0.1, 0.15) is 5.82 Å². The molecule has 1 aliphatic heterocycles. The highest BCUT2D eigenvalue weighted by molar-refractivity contribution is 7.89. The summed E-state index contributed by atoms with van der Waals surface area (Å²) < 4.78 is 39.4. The van der Waals surface area contributed by atoms with Gasteiger partial charge in [0.25, 0.3) is 0 Å². The molecule has 0 aromatic heterocycles. The molecule has 1 aromatic carbocycles. The number of nitrogens with two attached hydrogens (primary N) is 1. The van der Waals surface area contributed by atoms with Crippen LogP contribution in [0.25, 0.3) is 0 Å². The number of primary amides is 1. The smallest absolute Gasteiger partial charge is 0.243 e. The minimum Gasteiger partial charge on any atom is -0.369 e. The molecule has 0 radical (unpaired) electrons. The number of piperidine rings is 1. The Kier molecular flexibility index (Phi) is 4.10. The van der Waals surface area contributed by atoms with Crippen molar-refractivity contribution >= 4 is 15.9 Å². The van der Waals surface area contributed by atoms with Gasteiger partial charge in [0.05, 0.1) is 10.8 Å². The van der Waals surface area contributed by atoms with Crippen molar-refractivity contribution in [2.75, 3.05) is 13.1 Å². The first kappa shape index (κ1) is 14.9. The molecule has 0 bridgehead atoms. The Morgan fingerprint density at radius 3 is 2.75 bits per heavy atom. The Morgan fingerprint density at radius 2 is 2.15 bits per heavy atom. The zero-order valence-electron chi connectivity index (χ0n) is 11.2. The topological polar surface area (TPSA) is 80.5 Å². The van der Waals surface area contributed by atoms with Gasteiger partial charge >= 0.3 is 0 Å². The monoisotopic (exact) mass is 300 g/mol. The zero-order valence-corrected chi connectivity index (χ0v) is 12.0. The third-order valence-corrected chi connectivity index (χ3v) is 5.57. The van der Waals surface area contributed by atoms with Crippen LogP contribution < -0.4 is 5.73 Å². The Bertz CT molecular complexity index is 631. The number of sulfonamides is 1. The lowest BCUT2D eigenvalue weighted by molar-refractivity contribution is -0.122. The fourth-order valence-electron chi connectivity index (χ4n) is 2.43. The van der Waals surface area contributed by atoms with E-state index < -0.39 is 27.7 Å². The van der Waals surface area contributed by atoms with E-state index in [0.717, 1.165) is 6.07 Å². The van der Waals surface area contributed by atoms with Gasteiger partial charge in [-0.3, -0.25) is 4.79 Å². The highest BCUT2D eigenvalue weighted by Gasteiger charge is 2.33. The molecular weight excluding hydrogens is 283 g/mol. The molecule has 110 valence electrons. The summed E-state index contributed by atoms with van der Waals surface area (Å²) in [6.45, 7) is 1.99. The maximum Gasteiger partial charge on any atom is 0.243 e. The van der Waals surface area contributed by atoms with E-state index in [9.17, 15) is 17.6 Å². The summed E-state index contributed by atoms with van der Waals surface area (Å²) in [5, 5.41) is 0. The van der Waals surface area contributed by atoms with E-state index in [0.29, 0.717) is 24.9 Å². The fraction of sp³-hybridized carbons (Fsp3) is 0.462. The predicted molar refractivity (Wildman–Crippen MR) is 71.8 cm³/mol. The SMILES string of the molecule is Cc1cc(F)ccc1S(=O)(=O)N1CCC[C@H](C(N)=O)C1. The molecule has 1 fully saturated rings. The molecule has 0 unspecified atom stereocenters. The lowest BCUT2D eigenvalue weighted by Gasteiger charge is -2.30. The number of aryl methyl sites for hydroxylation is 1. The van der Waals surface area contributed by atoms with Crippen molar-refractivity contribution in [2.45, 2.75) is 24.7 Å². The number of benzene rings is 1. The van der Waals surface area contributed by atoms with Gasteiger partial charge in [-0.05, 0) is 43.5 Å². The molecule has 2 N–H and O–H groups in total. The fourth-order valence-corrected chi connectivity index (χ4v) is 4.16. The van der Waals surface area contributed by atoms with Crippen molar-refractivity contribution in [3.63, 3.8) is 0 Å². The van der Waals surface area contributed by atoms with Crippen molar-refractivity contribution in [3.05, 3.63) is 29.6 Å². The molecular formula is C13H17FN2O3S. The van der Waals surface area contributed by atoms with Crippen LogP contribution in [-0.4, -0.2) is 31.7 Å². The second kappa shape index (κ2) is 5.49. The van der Waals surface area contributed by atoms with E-state index >= 15 is 0 Å². The van der Waals surface area contributed by atoms with Gasteiger partial charge in [-0.15, -0.1) is 0 Å². The molecule has 20 heavy (non-hydrogen) atoms. The van der Waals surface area contributed by atoms with Crippen LogP contribution in [0.5, 0.6) is 0 Å². The van der Waals surface area contributed by atoms with Gasteiger partial charge in [0.15, 0.2) is 0 Å². The van der Waals surface area contributed by atoms with E-state index in [1.165, 1.54) is 16.4 Å². The summed E-state index contributed by atoms with van der Waals surface area (Å²) in [4.78, 5) is 11.3. The summed E-state index contributed by atoms with van der Waals surface area (Å²) in [6, 6.07) is 3.56. The summed E-state index contributed by atoms with van der Waals surface area (Å²) in [5.74, 6) is -1.42. The zero-order chi connectivity index (χ0) is 14.9. The minimum atomic E-state index is -3.72. The van der Waals surface area contributed by atoms with Gasteiger partial charge in [-0.1, -0.05) is 0 Å². The third kappa shape index (κ3) is 2.83. The summed E-state index contributed by atoms with van der Waals surface area (Å²) in [7, 11) is -3.72. The van der Waals surface area contributed by atoms with E-state index in [2.05, 4.69) is 0 Å². The maximum absolute atomic E-state index is 13.1. The lowest BCUT2D eigenvalue weighted by atomic mass is 9.99. The Labute approximate surface area is 117 Å². The second-order valence-electron chi connectivity index (χ2n) is 5.01. The second-order valence-corrected chi connectivity index (χ2v) is 6.92. The van der Waals surface area contributed by atoms with Crippen molar-refractivity contribution in [2.24, 2.45) is 11.7 Å². The highest BCUT2D eigenvalue weighted by atomic mass is 32.2. The Balaban J connectivity index is 2.32. The van der Waals surface area contributed by atoms with Crippen molar-refractivity contribution in [1.29, 1.82) is 0 Å². The van der Waals surface area contributed by atoms with Crippen LogP contribution in [0.1, 0.15) is 18.4 Å². The minimum absolute atomic E-state index is 0.0732. The average molecular weight is 300 g/mol. The summed E-state index contributed by atoms with van der Waals surface area (Å²) in [6.07, 6.45) is 1.19. The van der Waals surface area contributed by atoms with Crippen LogP contribution in [0.2, 0.25) is 0 Å². The molecule has 7 heteroatoms. The van der Waals surface area contributed by atoms with Crippen molar-refractivity contribution in [3.8, 4) is 0 Å². The van der Waals surface area contributed by atoms with Gasteiger partial charge in [0, 0.05) is 13.1 Å². The average Bonchev–Trinajstić information content (AvgIpc) is 2.38. The first-order chi connectivity index (χ1) is 9.32. The van der Waals surface area contributed by atoms with E-state index in [1.807, 2.05) is 0 Å². The van der Waals surface area contributed by atoms with Crippen LogP contribution in [0, 0.1) is 18.7 Å². The van der Waals surface area contributed by atoms with Crippen LogP contribution in [0.3, 0.4) is 0 Å². The van der Waals surface area contributed by atoms with E-state index in [1.54, 1.807) is 6.92 Å². The molecule has 1 heterocycles. The predicted octanol–water partition coefficient (Wildman–Crippen LogP) is 1.02. The summed E-state index contributed by atoms with van der Waals surface area (Å²) in [5.41, 5.74) is 5.60. The van der Waals surface area contributed by atoms with Gasteiger partial charge in [-0.2, -0.15) is 4.31 Å². The molecule has 1 atom stereocenters. The van der Waals surface area contributed by atoms with Crippen LogP contribution in [0.15, 0.2) is 23.1 Å². The van der Waals surface area contributed by atoms with Gasteiger partial charge in [0.2, 0.25) is 15.9 Å². The van der Waals surface area contributed by atoms with Crippen molar-refractivity contribution in [1.82, 2.24) is 4.31 Å². The van der Waals surface area contributed by atoms with Crippen LogP contribution in [-0.2, 0) is 14.8 Å². The molecule has 1 amide bonds. The lowest BCUT2D eigenvalue weighted by Crippen LogP contribution is -2.44. The van der Waals surface area contributed by atoms with Crippen LogP contribution >= 0.6 is 0 Å². The van der Waals surface area contributed by atoms with Gasteiger partial charge < -0.3 is 5.73 Å². The molecule has 1 aromatic rings. The number of hydrogen-bond donors (Lipinski definition) is 1. The molecule has 0 spiro atoms. The number of carbonyl (C=O) groups is 1. The number of rotatable bonds is 3. The molecule has 2 rings (SSSR count). The normalized spacial score (nSPS) is 20.8. The largest absolute Gasteiger partial charge is 0.369 e. The quantitative estimate of drug-likeness (QED) is 0.905. The van der Waals surface area contributed by atoms with Crippen molar-refractivity contribution < 1.29 is 17.6 Å². The number of halogens is 1. The Hall–Kier alpha value is -1.47. The molecule has 5 nitrogen and oxygen atoms in total. The first-order valence-electron chi connectivity index (χ1n) is 6.38.